The summed E-state index contributed by atoms with van der Waals surface area (Å²) in [7, 11) is 0. The fourth-order valence-electron chi connectivity index (χ4n) is 5.93. The van der Waals surface area contributed by atoms with Crippen LogP contribution in [0.3, 0.4) is 0 Å². The highest BCUT2D eigenvalue weighted by molar-refractivity contribution is 5.85. The molecule has 5 nitrogen and oxygen atoms in total. The van der Waals surface area contributed by atoms with E-state index in [9.17, 15) is 13.2 Å². The van der Waals surface area contributed by atoms with Crippen molar-refractivity contribution in [1.29, 1.82) is 0 Å². The average molecular weight is 533 g/mol. The van der Waals surface area contributed by atoms with Crippen LogP contribution in [-0.2, 0) is 6.42 Å². The highest BCUT2D eigenvalue weighted by Gasteiger charge is 2.40. The van der Waals surface area contributed by atoms with Crippen molar-refractivity contribution in [3.8, 4) is 5.75 Å². The van der Waals surface area contributed by atoms with E-state index >= 15 is 4.39 Å². The molecule has 1 fully saturated rings. The van der Waals surface area contributed by atoms with Crippen molar-refractivity contribution >= 4 is 16.6 Å². The molecule has 3 heterocycles. The topological polar surface area (TPSA) is 43.5 Å². The van der Waals surface area contributed by atoms with Gasteiger partial charge in [0.25, 0.3) is 0 Å². The Kier molecular flexibility index (Phi) is 7.60. The van der Waals surface area contributed by atoms with E-state index in [0.29, 0.717) is 24.2 Å². The molecule has 0 radical (unpaired) electrons. The van der Waals surface area contributed by atoms with E-state index in [-0.39, 0.29) is 31.1 Å². The lowest BCUT2D eigenvalue weighted by atomic mass is 9.87. The van der Waals surface area contributed by atoms with Gasteiger partial charge >= 0.3 is 6.61 Å². The van der Waals surface area contributed by atoms with Crippen LogP contribution in [0.5, 0.6) is 5.75 Å². The van der Waals surface area contributed by atoms with E-state index in [1.165, 1.54) is 13.8 Å². The third kappa shape index (κ3) is 5.64. The summed E-state index contributed by atoms with van der Waals surface area (Å²) in [4.78, 5) is 7.71. The zero-order chi connectivity index (χ0) is 27.0. The van der Waals surface area contributed by atoms with Crippen molar-refractivity contribution in [3.63, 3.8) is 0 Å². The van der Waals surface area contributed by atoms with Gasteiger partial charge in [-0.3, -0.25) is 14.2 Å². The van der Waals surface area contributed by atoms with E-state index in [1.807, 2.05) is 35.2 Å². The van der Waals surface area contributed by atoms with Crippen LogP contribution in [0.2, 0.25) is 0 Å². The Balaban J connectivity index is 1.52. The van der Waals surface area contributed by atoms with E-state index in [0.717, 1.165) is 41.7 Å². The average Bonchev–Trinajstić information content (AvgIpc) is 3.18. The molecule has 2 N–H and O–H groups in total. The molecule has 5 rings (SSSR count). The Morgan fingerprint density at radius 3 is 2.63 bits per heavy atom. The van der Waals surface area contributed by atoms with Crippen LogP contribution in [0.4, 0.5) is 23.2 Å². The van der Waals surface area contributed by atoms with Crippen LogP contribution < -0.4 is 10.1 Å². The molecule has 0 bridgehead atoms. The summed E-state index contributed by atoms with van der Waals surface area (Å²) in [5, 5.41) is 4.48. The van der Waals surface area contributed by atoms with E-state index < -0.39 is 18.3 Å². The predicted molar refractivity (Wildman–Crippen MR) is 143 cm³/mol. The fraction of sp³-hybridized carbons (Fsp3) is 0.517. The third-order valence-electron chi connectivity index (χ3n) is 7.54. The van der Waals surface area contributed by atoms with Gasteiger partial charge in [0.05, 0.1) is 18.8 Å². The second-order valence-electron chi connectivity index (χ2n) is 11.2. The second-order valence-corrected chi connectivity index (χ2v) is 11.2. The Hall–Kier alpha value is -2.78. The number of rotatable bonds is 10. The number of hydrogen-bond acceptors (Lipinski definition) is 4. The Morgan fingerprint density at radius 2 is 1.92 bits per heavy atom. The molecule has 0 spiro atoms. The number of halogens is 4. The van der Waals surface area contributed by atoms with Crippen LogP contribution in [0.25, 0.3) is 10.9 Å². The number of nitrogens with zero attached hydrogens (tertiary/aromatic N) is 2. The predicted octanol–water partition coefficient (Wildman–Crippen LogP) is 6.31. The number of para-hydroxylation sites is 1. The first-order valence-corrected chi connectivity index (χ1v) is 13.3. The zero-order valence-corrected chi connectivity index (χ0v) is 22.1. The van der Waals surface area contributed by atoms with Crippen molar-refractivity contribution < 1.29 is 22.3 Å². The third-order valence-corrected chi connectivity index (χ3v) is 7.54. The SMILES string of the molecule is C[C@@H]1Cc2c([nH]c3ccccc23)[C@@H](c2ccc(NC3CN(CCCF)C3)cc2OC(F)F)N1CC(C)(C)F. The Labute approximate surface area is 221 Å². The van der Waals surface area contributed by atoms with Crippen molar-refractivity contribution in [2.45, 2.75) is 64.0 Å². The number of aromatic nitrogens is 1. The van der Waals surface area contributed by atoms with Gasteiger partial charge in [-0.25, -0.2) is 4.39 Å². The summed E-state index contributed by atoms with van der Waals surface area (Å²) >= 11 is 0. The standard InChI is InChI=1S/C29H36F4N4O/c1-18-13-23-21-7-4-5-8-24(21)35-26(23)27(37(18)17-29(2,3)33)22-10-9-19(14-25(22)38-28(31)32)34-20-15-36(16-20)12-6-11-30/h4-5,7-10,14,18,20,27-28,34-35H,6,11-13,15-17H2,1-3H3/t18-,27-/m1/s1. The number of benzene rings is 2. The first kappa shape index (κ1) is 26.8. The summed E-state index contributed by atoms with van der Waals surface area (Å²) in [6.45, 7) is 4.18. The highest BCUT2D eigenvalue weighted by atomic mass is 19.3. The summed E-state index contributed by atoms with van der Waals surface area (Å²) in [6.07, 6.45) is 1.23. The molecular formula is C29H36F4N4O. The maximum atomic E-state index is 15.1. The minimum Gasteiger partial charge on any atom is -0.434 e. The van der Waals surface area contributed by atoms with Crippen LogP contribution in [0.1, 0.15) is 50.1 Å². The number of H-pyrrole nitrogens is 1. The van der Waals surface area contributed by atoms with Gasteiger partial charge in [0.15, 0.2) is 0 Å². The van der Waals surface area contributed by atoms with Gasteiger partial charge in [-0.1, -0.05) is 24.3 Å². The first-order valence-electron chi connectivity index (χ1n) is 13.3. The summed E-state index contributed by atoms with van der Waals surface area (Å²) in [5.74, 6) is 0.0731. The number of nitrogens with one attached hydrogen (secondary N) is 2. The van der Waals surface area contributed by atoms with Gasteiger partial charge in [0.2, 0.25) is 0 Å². The first-order chi connectivity index (χ1) is 18.1. The lowest BCUT2D eigenvalue weighted by molar-refractivity contribution is -0.0514. The van der Waals surface area contributed by atoms with Gasteiger partial charge in [0, 0.05) is 66.1 Å². The molecule has 1 aromatic heterocycles. The molecule has 0 amide bonds. The highest BCUT2D eigenvalue weighted by Crippen LogP contribution is 2.45. The molecule has 0 aliphatic carbocycles. The van der Waals surface area contributed by atoms with Gasteiger partial charge in [-0.15, -0.1) is 0 Å². The van der Waals surface area contributed by atoms with Gasteiger partial charge < -0.3 is 15.0 Å². The fourth-order valence-corrected chi connectivity index (χ4v) is 5.93. The minimum absolute atomic E-state index is 0.0239. The smallest absolute Gasteiger partial charge is 0.387 e. The minimum atomic E-state index is -3.00. The van der Waals surface area contributed by atoms with E-state index in [2.05, 4.69) is 28.2 Å². The van der Waals surface area contributed by atoms with Crippen LogP contribution in [0, 0.1) is 0 Å². The molecule has 1 saturated heterocycles. The lowest BCUT2D eigenvalue weighted by Gasteiger charge is -2.43. The number of likely N-dealkylation sites (tertiary alicyclic amines) is 1. The molecule has 2 aromatic carbocycles. The molecule has 2 aliphatic heterocycles. The Morgan fingerprint density at radius 1 is 1.16 bits per heavy atom. The Bertz CT molecular complexity index is 1250. The number of ether oxygens (including phenoxy) is 1. The summed E-state index contributed by atoms with van der Waals surface area (Å²) in [5.41, 5.74) is 2.73. The number of fused-ring (bicyclic) bond motifs is 3. The lowest BCUT2D eigenvalue weighted by Crippen LogP contribution is -2.54. The quantitative estimate of drug-likeness (QED) is 0.301. The van der Waals surface area contributed by atoms with Crippen molar-refractivity contribution in [1.82, 2.24) is 14.8 Å². The summed E-state index contributed by atoms with van der Waals surface area (Å²) in [6, 6.07) is 12.9. The molecule has 2 atom stereocenters. The van der Waals surface area contributed by atoms with E-state index in [1.54, 1.807) is 6.07 Å². The maximum absolute atomic E-state index is 15.1. The molecule has 0 saturated carbocycles. The molecule has 206 valence electrons. The van der Waals surface area contributed by atoms with Gasteiger partial charge in [0.1, 0.15) is 11.4 Å². The van der Waals surface area contributed by atoms with Crippen LogP contribution in [0.15, 0.2) is 42.5 Å². The molecule has 38 heavy (non-hydrogen) atoms. The van der Waals surface area contributed by atoms with Gasteiger partial charge in [-0.05, 0) is 51.3 Å². The maximum Gasteiger partial charge on any atom is 0.387 e. The largest absolute Gasteiger partial charge is 0.434 e. The number of alkyl halides is 4. The van der Waals surface area contributed by atoms with Crippen LogP contribution in [-0.4, -0.2) is 72.0 Å². The molecule has 0 unspecified atom stereocenters. The van der Waals surface area contributed by atoms with Crippen molar-refractivity contribution in [2.75, 3.05) is 38.2 Å². The van der Waals surface area contributed by atoms with Crippen molar-refractivity contribution in [3.05, 3.63) is 59.3 Å². The monoisotopic (exact) mass is 532 g/mol. The van der Waals surface area contributed by atoms with Crippen molar-refractivity contribution in [2.24, 2.45) is 0 Å². The number of aromatic amines is 1. The van der Waals surface area contributed by atoms with E-state index in [4.69, 9.17) is 4.74 Å². The zero-order valence-electron chi connectivity index (χ0n) is 22.1. The molecule has 3 aromatic rings. The molecular weight excluding hydrogens is 496 g/mol. The van der Waals surface area contributed by atoms with Gasteiger partial charge in [-0.2, -0.15) is 8.78 Å². The molecule has 9 heteroatoms. The number of hydrogen-bond donors (Lipinski definition) is 2. The molecule has 2 aliphatic rings. The second kappa shape index (κ2) is 10.8. The number of anilines is 1. The normalized spacial score (nSPS) is 21.1. The summed E-state index contributed by atoms with van der Waals surface area (Å²) < 4.78 is 59.9. The van der Waals surface area contributed by atoms with Crippen LogP contribution >= 0.6 is 0 Å².